The van der Waals surface area contributed by atoms with E-state index >= 15 is 0 Å². The summed E-state index contributed by atoms with van der Waals surface area (Å²) in [5.74, 6) is 1.57. The molecular weight excluding hydrogens is 232 g/mol. The van der Waals surface area contributed by atoms with Gasteiger partial charge in [-0.05, 0) is 13.5 Å². The second-order valence-corrected chi connectivity index (χ2v) is 4.28. The lowest BCUT2D eigenvalue weighted by Crippen LogP contribution is -2.34. The maximum atomic E-state index is 5.56. The first kappa shape index (κ1) is 13.2. The number of aromatic nitrogens is 2. The molecule has 1 aromatic rings. The highest BCUT2D eigenvalue weighted by Gasteiger charge is 2.14. The SMILES string of the molecule is Cc1nc(CCN)cc(NCC2COCCO2)n1. The van der Waals surface area contributed by atoms with Crippen LogP contribution in [0.2, 0.25) is 0 Å². The third-order valence-corrected chi connectivity index (χ3v) is 2.69. The lowest BCUT2D eigenvalue weighted by Gasteiger charge is -2.23. The average molecular weight is 252 g/mol. The van der Waals surface area contributed by atoms with Gasteiger partial charge in [-0.1, -0.05) is 0 Å². The van der Waals surface area contributed by atoms with E-state index < -0.39 is 0 Å². The Bertz CT molecular complexity index is 380. The van der Waals surface area contributed by atoms with Gasteiger partial charge in [-0.25, -0.2) is 9.97 Å². The minimum atomic E-state index is 0.0898. The predicted molar refractivity (Wildman–Crippen MR) is 68.6 cm³/mol. The molecule has 1 unspecified atom stereocenters. The van der Waals surface area contributed by atoms with Crippen molar-refractivity contribution in [3.63, 3.8) is 0 Å². The lowest BCUT2D eigenvalue weighted by molar-refractivity contribution is -0.0819. The van der Waals surface area contributed by atoms with Crippen LogP contribution >= 0.6 is 0 Å². The molecular formula is C12H20N4O2. The van der Waals surface area contributed by atoms with Gasteiger partial charge in [-0.3, -0.25) is 0 Å². The summed E-state index contributed by atoms with van der Waals surface area (Å²) < 4.78 is 10.9. The largest absolute Gasteiger partial charge is 0.376 e. The van der Waals surface area contributed by atoms with Crippen LogP contribution in [0.5, 0.6) is 0 Å². The van der Waals surface area contributed by atoms with Crippen LogP contribution in [0, 0.1) is 6.92 Å². The van der Waals surface area contributed by atoms with Gasteiger partial charge in [0.25, 0.3) is 0 Å². The third-order valence-electron chi connectivity index (χ3n) is 2.69. The van der Waals surface area contributed by atoms with Crippen molar-refractivity contribution < 1.29 is 9.47 Å². The number of nitrogens with one attached hydrogen (secondary N) is 1. The Balaban J connectivity index is 1.91. The van der Waals surface area contributed by atoms with E-state index in [1.54, 1.807) is 0 Å². The summed E-state index contributed by atoms with van der Waals surface area (Å²) >= 11 is 0. The molecule has 1 aromatic heterocycles. The van der Waals surface area contributed by atoms with Gasteiger partial charge in [0.2, 0.25) is 0 Å². The number of ether oxygens (including phenoxy) is 2. The Morgan fingerprint density at radius 3 is 3.06 bits per heavy atom. The maximum absolute atomic E-state index is 5.56. The molecule has 0 saturated carbocycles. The van der Waals surface area contributed by atoms with Crippen LogP contribution in [0.4, 0.5) is 5.82 Å². The fourth-order valence-corrected chi connectivity index (χ4v) is 1.87. The summed E-state index contributed by atoms with van der Waals surface area (Å²) in [4.78, 5) is 8.67. The van der Waals surface area contributed by atoms with Crippen molar-refractivity contribution in [2.24, 2.45) is 5.73 Å². The molecule has 0 aliphatic carbocycles. The molecule has 100 valence electrons. The smallest absolute Gasteiger partial charge is 0.130 e. The molecule has 2 heterocycles. The zero-order chi connectivity index (χ0) is 12.8. The molecule has 0 aromatic carbocycles. The van der Waals surface area contributed by atoms with Gasteiger partial charge in [0.15, 0.2) is 0 Å². The van der Waals surface area contributed by atoms with E-state index in [0.717, 1.165) is 23.8 Å². The topological polar surface area (TPSA) is 82.3 Å². The number of hydrogen-bond acceptors (Lipinski definition) is 6. The molecule has 2 rings (SSSR count). The third kappa shape index (κ3) is 3.90. The van der Waals surface area contributed by atoms with Crippen LogP contribution in [0.25, 0.3) is 0 Å². The van der Waals surface area contributed by atoms with Crippen molar-refractivity contribution in [1.82, 2.24) is 9.97 Å². The van der Waals surface area contributed by atoms with Gasteiger partial charge >= 0.3 is 0 Å². The van der Waals surface area contributed by atoms with Gasteiger partial charge in [0, 0.05) is 24.7 Å². The second kappa shape index (κ2) is 6.63. The van der Waals surface area contributed by atoms with Crippen molar-refractivity contribution >= 4 is 5.82 Å². The van der Waals surface area contributed by atoms with E-state index in [1.807, 2.05) is 13.0 Å². The molecule has 1 fully saturated rings. The van der Waals surface area contributed by atoms with Crippen molar-refractivity contribution in [3.8, 4) is 0 Å². The number of nitrogens with two attached hydrogens (primary N) is 1. The van der Waals surface area contributed by atoms with Gasteiger partial charge in [-0.15, -0.1) is 0 Å². The van der Waals surface area contributed by atoms with Crippen LogP contribution in [0.3, 0.4) is 0 Å². The number of rotatable bonds is 5. The second-order valence-electron chi connectivity index (χ2n) is 4.28. The molecule has 0 radical (unpaired) electrons. The number of nitrogens with zero attached hydrogens (tertiary/aromatic N) is 2. The molecule has 1 saturated heterocycles. The summed E-state index contributed by atoms with van der Waals surface area (Å²) in [6, 6.07) is 1.93. The summed E-state index contributed by atoms with van der Waals surface area (Å²) in [6.45, 7) is 5.14. The summed E-state index contributed by atoms with van der Waals surface area (Å²) in [6.07, 6.45) is 0.855. The first-order chi connectivity index (χ1) is 8.78. The van der Waals surface area contributed by atoms with Gasteiger partial charge < -0.3 is 20.5 Å². The Hall–Kier alpha value is -1.24. The molecule has 3 N–H and O–H groups in total. The molecule has 0 spiro atoms. The van der Waals surface area contributed by atoms with Crippen molar-refractivity contribution in [2.75, 3.05) is 38.2 Å². The Kier molecular flexibility index (Phi) is 4.86. The van der Waals surface area contributed by atoms with E-state index in [9.17, 15) is 0 Å². The van der Waals surface area contributed by atoms with Crippen LogP contribution in [0.15, 0.2) is 6.07 Å². The fraction of sp³-hybridized carbons (Fsp3) is 0.667. The highest BCUT2D eigenvalue weighted by molar-refractivity contribution is 5.36. The maximum Gasteiger partial charge on any atom is 0.130 e. The number of anilines is 1. The first-order valence-electron chi connectivity index (χ1n) is 6.26. The van der Waals surface area contributed by atoms with Gasteiger partial charge in [0.1, 0.15) is 11.6 Å². The standard InChI is InChI=1S/C12H20N4O2/c1-9-15-10(2-3-13)6-12(16-9)14-7-11-8-17-4-5-18-11/h6,11H,2-5,7-8,13H2,1H3,(H,14,15,16). The lowest BCUT2D eigenvalue weighted by atomic mass is 10.3. The van der Waals surface area contributed by atoms with Crippen LogP contribution in [-0.4, -0.2) is 49.0 Å². The van der Waals surface area contributed by atoms with E-state index in [4.69, 9.17) is 15.2 Å². The zero-order valence-electron chi connectivity index (χ0n) is 10.7. The van der Waals surface area contributed by atoms with Crippen LogP contribution < -0.4 is 11.1 Å². The van der Waals surface area contributed by atoms with Crippen LogP contribution in [-0.2, 0) is 15.9 Å². The normalized spacial score (nSPS) is 19.8. The molecule has 6 nitrogen and oxygen atoms in total. The summed E-state index contributed by atoms with van der Waals surface area (Å²) in [7, 11) is 0. The molecule has 0 bridgehead atoms. The van der Waals surface area contributed by atoms with Crippen molar-refractivity contribution in [3.05, 3.63) is 17.6 Å². The summed E-state index contributed by atoms with van der Waals surface area (Å²) in [5.41, 5.74) is 6.50. The minimum Gasteiger partial charge on any atom is -0.376 e. The van der Waals surface area contributed by atoms with E-state index in [0.29, 0.717) is 32.9 Å². The Labute approximate surface area is 107 Å². The number of aryl methyl sites for hydroxylation is 1. The Morgan fingerprint density at radius 1 is 1.44 bits per heavy atom. The monoisotopic (exact) mass is 252 g/mol. The molecule has 1 aliphatic rings. The highest BCUT2D eigenvalue weighted by Crippen LogP contribution is 2.08. The fourth-order valence-electron chi connectivity index (χ4n) is 1.87. The van der Waals surface area contributed by atoms with Crippen molar-refractivity contribution in [1.29, 1.82) is 0 Å². The molecule has 1 aliphatic heterocycles. The first-order valence-corrected chi connectivity index (χ1v) is 6.26. The molecule has 18 heavy (non-hydrogen) atoms. The number of hydrogen-bond donors (Lipinski definition) is 2. The van der Waals surface area contributed by atoms with Gasteiger partial charge in [0.05, 0.1) is 25.9 Å². The predicted octanol–water partition coefficient (Wildman–Crippen LogP) is 0.114. The van der Waals surface area contributed by atoms with E-state index in [2.05, 4.69) is 15.3 Å². The minimum absolute atomic E-state index is 0.0898. The highest BCUT2D eigenvalue weighted by atomic mass is 16.6. The Morgan fingerprint density at radius 2 is 2.33 bits per heavy atom. The van der Waals surface area contributed by atoms with Crippen LogP contribution in [0.1, 0.15) is 11.5 Å². The zero-order valence-corrected chi connectivity index (χ0v) is 10.7. The average Bonchev–Trinajstić information content (AvgIpc) is 2.37. The molecule has 0 amide bonds. The van der Waals surface area contributed by atoms with Gasteiger partial charge in [-0.2, -0.15) is 0 Å². The quantitative estimate of drug-likeness (QED) is 0.774. The van der Waals surface area contributed by atoms with E-state index in [-0.39, 0.29) is 6.10 Å². The van der Waals surface area contributed by atoms with Crippen molar-refractivity contribution in [2.45, 2.75) is 19.4 Å². The molecule has 6 heteroatoms. The molecule has 1 atom stereocenters. The van der Waals surface area contributed by atoms with E-state index in [1.165, 1.54) is 0 Å². The summed E-state index contributed by atoms with van der Waals surface area (Å²) in [5, 5.41) is 3.26.